The molecular formula is C24H23ClN6O3S2. The third kappa shape index (κ3) is 4.50. The van der Waals surface area contributed by atoms with Crippen LogP contribution in [-0.4, -0.2) is 47.5 Å². The molecule has 5 rings (SSSR count). The van der Waals surface area contributed by atoms with Gasteiger partial charge in [-0.25, -0.2) is 9.67 Å². The summed E-state index contributed by atoms with van der Waals surface area (Å²) in [6.45, 7) is 1.45. The standard InChI is InChI=1S/C24H23ClN6O3S2/c1-14(32)26-24-27-19-11-10-17-21(15-7-5-4-6-8-15)28-31(22(17)23(19)35-24)20-12-9-16(13-18(20)25)29-36(33,34)30(2)3/h4-9,12-13,29H,10-11H2,1-3H3,(H,26,27,32). The Morgan fingerprint density at radius 1 is 1.14 bits per heavy atom. The number of hydrogen-bond donors (Lipinski definition) is 2. The van der Waals surface area contributed by atoms with Gasteiger partial charge in [0.1, 0.15) is 0 Å². The van der Waals surface area contributed by atoms with Gasteiger partial charge in [0.15, 0.2) is 5.13 Å². The maximum absolute atomic E-state index is 12.3. The molecule has 2 N–H and O–H groups in total. The zero-order valence-electron chi connectivity index (χ0n) is 19.7. The number of hydrogen-bond acceptors (Lipinski definition) is 6. The van der Waals surface area contributed by atoms with Crippen LogP contribution in [-0.2, 0) is 27.8 Å². The molecule has 186 valence electrons. The molecule has 4 aromatic rings. The average molecular weight is 543 g/mol. The van der Waals surface area contributed by atoms with Crippen LogP contribution in [0.1, 0.15) is 18.2 Å². The minimum Gasteiger partial charge on any atom is -0.302 e. The highest BCUT2D eigenvalue weighted by atomic mass is 35.5. The molecule has 0 saturated carbocycles. The van der Waals surface area contributed by atoms with Crippen LogP contribution in [0.3, 0.4) is 0 Å². The molecule has 9 nitrogen and oxygen atoms in total. The van der Waals surface area contributed by atoms with Gasteiger partial charge in [0, 0.05) is 32.1 Å². The van der Waals surface area contributed by atoms with Crippen molar-refractivity contribution >= 4 is 49.9 Å². The fraction of sp³-hybridized carbons (Fsp3) is 0.208. The number of nitrogens with one attached hydrogen (secondary N) is 2. The number of carbonyl (C=O) groups is 1. The van der Waals surface area contributed by atoms with Crippen molar-refractivity contribution in [2.45, 2.75) is 19.8 Å². The smallest absolute Gasteiger partial charge is 0.301 e. The molecular weight excluding hydrogens is 520 g/mol. The summed E-state index contributed by atoms with van der Waals surface area (Å²) in [6.07, 6.45) is 1.46. The molecule has 12 heteroatoms. The zero-order valence-corrected chi connectivity index (χ0v) is 22.1. The molecule has 1 aliphatic rings. The SMILES string of the molecule is CC(=O)Nc1nc2c(s1)-c1c(c(-c3ccccc3)nn1-c1ccc(NS(=O)(=O)N(C)C)cc1Cl)CC2. The average Bonchev–Trinajstić information content (AvgIpc) is 3.40. The van der Waals surface area contributed by atoms with Crippen molar-refractivity contribution in [3.8, 4) is 27.5 Å². The predicted octanol–water partition coefficient (Wildman–Crippen LogP) is 4.59. The number of fused-ring (bicyclic) bond motifs is 3. The topological polar surface area (TPSA) is 109 Å². The van der Waals surface area contributed by atoms with Crippen LogP contribution in [0, 0.1) is 0 Å². The van der Waals surface area contributed by atoms with E-state index in [2.05, 4.69) is 15.0 Å². The van der Waals surface area contributed by atoms with Crippen LogP contribution in [0.15, 0.2) is 48.5 Å². The van der Waals surface area contributed by atoms with E-state index in [0.29, 0.717) is 21.5 Å². The van der Waals surface area contributed by atoms with Crippen molar-refractivity contribution < 1.29 is 13.2 Å². The van der Waals surface area contributed by atoms with E-state index in [1.165, 1.54) is 32.4 Å². The minimum absolute atomic E-state index is 0.182. The van der Waals surface area contributed by atoms with E-state index in [9.17, 15) is 13.2 Å². The summed E-state index contributed by atoms with van der Waals surface area (Å²) in [5.41, 5.74) is 5.60. The molecule has 0 fully saturated rings. The first kappa shape index (κ1) is 24.4. The number of anilines is 2. The highest BCUT2D eigenvalue weighted by Crippen LogP contribution is 2.45. The molecule has 36 heavy (non-hydrogen) atoms. The van der Waals surface area contributed by atoms with Gasteiger partial charge in [-0.1, -0.05) is 53.3 Å². The first-order chi connectivity index (χ1) is 17.1. The van der Waals surface area contributed by atoms with Gasteiger partial charge < -0.3 is 5.32 Å². The lowest BCUT2D eigenvalue weighted by atomic mass is 9.95. The summed E-state index contributed by atoms with van der Waals surface area (Å²) in [4.78, 5) is 17.2. The number of carbonyl (C=O) groups excluding carboxylic acids is 1. The molecule has 1 aliphatic carbocycles. The normalized spacial score (nSPS) is 12.8. The Balaban J connectivity index is 1.66. The molecule has 0 aliphatic heterocycles. The molecule has 0 bridgehead atoms. The van der Waals surface area contributed by atoms with Crippen molar-refractivity contribution in [1.29, 1.82) is 0 Å². The molecule has 0 radical (unpaired) electrons. The Labute approximate surface area is 217 Å². The largest absolute Gasteiger partial charge is 0.302 e. The van der Waals surface area contributed by atoms with E-state index in [1.807, 2.05) is 30.3 Å². The molecule has 0 unspecified atom stereocenters. The maximum atomic E-state index is 12.3. The van der Waals surface area contributed by atoms with Crippen LogP contribution in [0.5, 0.6) is 0 Å². The van der Waals surface area contributed by atoms with Gasteiger partial charge in [0.25, 0.3) is 0 Å². The minimum atomic E-state index is -3.68. The molecule has 0 spiro atoms. The summed E-state index contributed by atoms with van der Waals surface area (Å²) in [5.74, 6) is -0.182. The van der Waals surface area contributed by atoms with E-state index in [0.717, 1.165) is 50.2 Å². The third-order valence-corrected chi connectivity index (χ3v) is 8.52. The number of amides is 1. The van der Waals surface area contributed by atoms with Gasteiger partial charge in [-0.2, -0.15) is 17.8 Å². The van der Waals surface area contributed by atoms with E-state index >= 15 is 0 Å². The van der Waals surface area contributed by atoms with Crippen molar-refractivity contribution in [2.75, 3.05) is 24.1 Å². The predicted molar refractivity (Wildman–Crippen MR) is 143 cm³/mol. The Bertz CT molecular complexity index is 1580. The fourth-order valence-electron chi connectivity index (χ4n) is 4.06. The van der Waals surface area contributed by atoms with E-state index < -0.39 is 10.2 Å². The van der Waals surface area contributed by atoms with Crippen LogP contribution in [0.2, 0.25) is 5.02 Å². The van der Waals surface area contributed by atoms with Gasteiger partial charge in [0.05, 0.1) is 38.4 Å². The molecule has 2 heterocycles. The second-order valence-electron chi connectivity index (χ2n) is 8.49. The van der Waals surface area contributed by atoms with Gasteiger partial charge in [-0.3, -0.25) is 9.52 Å². The van der Waals surface area contributed by atoms with Crippen molar-refractivity contribution in [1.82, 2.24) is 19.1 Å². The maximum Gasteiger partial charge on any atom is 0.301 e. The Hall–Kier alpha value is -3.25. The quantitative estimate of drug-likeness (QED) is 0.370. The lowest BCUT2D eigenvalue weighted by Gasteiger charge is -2.16. The lowest BCUT2D eigenvalue weighted by Crippen LogP contribution is -2.28. The summed E-state index contributed by atoms with van der Waals surface area (Å²) in [6, 6.07) is 14.9. The van der Waals surface area contributed by atoms with Gasteiger partial charge >= 0.3 is 10.2 Å². The second-order valence-corrected chi connectivity index (χ2v) is 11.8. The van der Waals surface area contributed by atoms with E-state index in [1.54, 1.807) is 22.9 Å². The zero-order chi connectivity index (χ0) is 25.6. The summed E-state index contributed by atoms with van der Waals surface area (Å²) in [7, 11) is -0.786. The fourth-order valence-corrected chi connectivity index (χ4v) is 6.04. The highest BCUT2D eigenvalue weighted by Gasteiger charge is 2.30. The van der Waals surface area contributed by atoms with Crippen LogP contribution >= 0.6 is 22.9 Å². The van der Waals surface area contributed by atoms with Crippen LogP contribution in [0.25, 0.3) is 27.5 Å². The number of aromatic nitrogens is 3. The van der Waals surface area contributed by atoms with Gasteiger partial charge in [0.2, 0.25) is 5.91 Å². The number of aryl methyl sites for hydroxylation is 1. The van der Waals surface area contributed by atoms with Crippen LogP contribution < -0.4 is 10.0 Å². The van der Waals surface area contributed by atoms with Gasteiger partial charge in [-0.15, -0.1) is 0 Å². The summed E-state index contributed by atoms with van der Waals surface area (Å²) >= 11 is 8.09. The first-order valence-electron chi connectivity index (χ1n) is 11.1. The lowest BCUT2D eigenvalue weighted by molar-refractivity contribution is -0.114. The summed E-state index contributed by atoms with van der Waals surface area (Å²) < 4.78 is 29.9. The molecule has 0 atom stereocenters. The molecule has 1 amide bonds. The van der Waals surface area contributed by atoms with Crippen molar-refractivity contribution in [2.24, 2.45) is 0 Å². The number of thiazole rings is 1. The van der Waals surface area contributed by atoms with E-state index in [4.69, 9.17) is 16.7 Å². The van der Waals surface area contributed by atoms with Crippen LogP contribution in [0.4, 0.5) is 10.8 Å². The monoisotopic (exact) mass is 542 g/mol. The Morgan fingerprint density at radius 3 is 2.56 bits per heavy atom. The number of benzene rings is 2. The number of halogens is 1. The number of rotatable bonds is 6. The second kappa shape index (κ2) is 9.32. The first-order valence-corrected chi connectivity index (χ1v) is 13.7. The Kier molecular flexibility index (Phi) is 6.33. The summed E-state index contributed by atoms with van der Waals surface area (Å²) in [5, 5.41) is 8.62. The molecule has 2 aromatic heterocycles. The van der Waals surface area contributed by atoms with Crippen molar-refractivity contribution in [3.63, 3.8) is 0 Å². The van der Waals surface area contributed by atoms with Crippen molar-refractivity contribution in [3.05, 3.63) is 64.8 Å². The molecule has 0 saturated heterocycles. The third-order valence-electron chi connectivity index (χ3n) is 5.74. The number of nitrogens with zero attached hydrogens (tertiary/aromatic N) is 4. The Morgan fingerprint density at radius 2 is 1.89 bits per heavy atom. The highest BCUT2D eigenvalue weighted by molar-refractivity contribution is 7.90. The van der Waals surface area contributed by atoms with E-state index in [-0.39, 0.29) is 5.91 Å². The molecule has 2 aromatic carbocycles. The van der Waals surface area contributed by atoms with Gasteiger partial charge in [-0.05, 0) is 31.0 Å².